The molecule has 1 rings (SSSR count). The summed E-state index contributed by atoms with van der Waals surface area (Å²) in [6.07, 6.45) is 1.49. The maximum Gasteiger partial charge on any atom is 0.131 e. The molecule has 0 bridgehead atoms. The van der Waals surface area contributed by atoms with Crippen molar-refractivity contribution in [3.05, 3.63) is 28.0 Å². The summed E-state index contributed by atoms with van der Waals surface area (Å²) in [5.41, 5.74) is 0.502. The molecule has 0 atom stereocenters. The van der Waals surface area contributed by atoms with E-state index in [1.165, 1.54) is 6.20 Å². The molecule has 0 unspecified atom stereocenters. The van der Waals surface area contributed by atoms with E-state index in [1.807, 2.05) is 0 Å². The first-order valence-corrected chi connectivity index (χ1v) is 4.39. The largest absolute Gasteiger partial charge is 0.245 e. The predicted molar refractivity (Wildman–Crippen MR) is 51.9 cm³/mol. The summed E-state index contributed by atoms with van der Waals surface area (Å²) >= 11 is 16.8. The molecule has 4 heteroatoms. The van der Waals surface area contributed by atoms with Crippen LogP contribution in [0.5, 0.6) is 0 Å². The van der Waals surface area contributed by atoms with Gasteiger partial charge in [0.05, 0.1) is 15.9 Å². The molecule has 0 N–H and O–H groups in total. The van der Waals surface area contributed by atoms with Crippen LogP contribution in [-0.4, -0.2) is 10.9 Å². The molecule has 0 aliphatic rings. The van der Waals surface area contributed by atoms with Crippen LogP contribution in [0.15, 0.2) is 12.3 Å². The van der Waals surface area contributed by atoms with Crippen LogP contribution in [-0.2, 0) is 0 Å². The van der Waals surface area contributed by atoms with Gasteiger partial charge < -0.3 is 0 Å². The van der Waals surface area contributed by atoms with Crippen LogP contribution < -0.4 is 0 Å². The lowest BCUT2D eigenvalue weighted by atomic mass is 10.3. The molecule has 0 fully saturated rings. The van der Waals surface area contributed by atoms with E-state index in [0.29, 0.717) is 15.7 Å². The lowest BCUT2D eigenvalue weighted by molar-refractivity contribution is 1.29. The van der Waals surface area contributed by atoms with Gasteiger partial charge in [0.1, 0.15) is 5.69 Å². The second-order valence-electron chi connectivity index (χ2n) is 1.92. The van der Waals surface area contributed by atoms with Crippen LogP contribution in [0.25, 0.3) is 0 Å². The smallest absolute Gasteiger partial charge is 0.131 e. The molecular weight excluding hydrogens is 216 g/mol. The van der Waals surface area contributed by atoms with Crippen molar-refractivity contribution < 1.29 is 0 Å². The Balaban J connectivity index is 3.01. The minimum Gasteiger partial charge on any atom is -0.245 e. The highest BCUT2D eigenvalue weighted by Crippen LogP contribution is 2.17. The monoisotopic (exact) mass is 219 g/mol. The average molecular weight is 220 g/mol. The Labute approximate surface area is 85.7 Å². The summed E-state index contributed by atoms with van der Waals surface area (Å²) < 4.78 is 0. The van der Waals surface area contributed by atoms with Gasteiger partial charge in [-0.2, -0.15) is 0 Å². The summed E-state index contributed by atoms with van der Waals surface area (Å²) in [6.45, 7) is 0. The lowest BCUT2D eigenvalue weighted by Crippen LogP contribution is -1.83. The van der Waals surface area contributed by atoms with E-state index in [4.69, 9.17) is 34.8 Å². The van der Waals surface area contributed by atoms with Gasteiger partial charge in [-0.05, 0) is 12.0 Å². The minimum atomic E-state index is 0.265. The lowest BCUT2D eigenvalue weighted by Gasteiger charge is -1.93. The number of rotatable bonds is 0. The van der Waals surface area contributed by atoms with Crippen molar-refractivity contribution in [2.45, 2.75) is 0 Å². The molecule has 0 saturated heterocycles. The number of pyridine rings is 1. The van der Waals surface area contributed by atoms with Gasteiger partial charge >= 0.3 is 0 Å². The molecule has 0 saturated carbocycles. The van der Waals surface area contributed by atoms with E-state index in [0.717, 1.165) is 0 Å². The first-order chi connectivity index (χ1) is 5.74. The zero-order chi connectivity index (χ0) is 8.97. The molecule has 0 radical (unpaired) electrons. The van der Waals surface area contributed by atoms with Gasteiger partial charge in [-0.1, -0.05) is 29.1 Å². The number of hydrogen-bond donors (Lipinski definition) is 0. The van der Waals surface area contributed by atoms with E-state index in [9.17, 15) is 0 Å². The highest BCUT2D eigenvalue weighted by Gasteiger charge is 1.98. The molecular formula is C8H4Cl3N. The zero-order valence-corrected chi connectivity index (χ0v) is 8.21. The van der Waals surface area contributed by atoms with Gasteiger partial charge in [-0.15, -0.1) is 11.6 Å². The Kier molecular flexibility index (Phi) is 3.68. The molecule has 1 heterocycles. The first kappa shape index (κ1) is 9.67. The Morgan fingerprint density at radius 3 is 2.75 bits per heavy atom. The first-order valence-electron chi connectivity index (χ1n) is 3.10. The number of aromatic nitrogens is 1. The molecule has 12 heavy (non-hydrogen) atoms. The second-order valence-corrected chi connectivity index (χ2v) is 3.03. The van der Waals surface area contributed by atoms with Crippen LogP contribution in [0.1, 0.15) is 5.69 Å². The van der Waals surface area contributed by atoms with E-state index in [-0.39, 0.29) is 5.88 Å². The van der Waals surface area contributed by atoms with Crippen molar-refractivity contribution in [2.75, 3.05) is 5.88 Å². The van der Waals surface area contributed by atoms with Gasteiger partial charge in [0.2, 0.25) is 0 Å². The molecule has 0 aliphatic carbocycles. The quantitative estimate of drug-likeness (QED) is 0.484. The zero-order valence-electron chi connectivity index (χ0n) is 5.94. The van der Waals surface area contributed by atoms with Crippen LogP contribution >= 0.6 is 34.8 Å². The van der Waals surface area contributed by atoms with Crippen molar-refractivity contribution in [3.63, 3.8) is 0 Å². The van der Waals surface area contributed by atoms with Crippen LogP contribution in [0.3, 0.4) is 0 Å². The van der Waals surface area contributed by atoms with Crippen molar-refractivity contribution >= 4 is 34.8 Å². The third kappa shape index (κ3) is 2.57. The van der Waals surface area contributed by atoms with Crippen LogP contribution in [0.2, 0.25) is 10.0 Å². The maximum atomic E-state index is 5.77. The fraction of sp³-hybridized carbons (Fsp3) is 0.125. The molecule has 0 amide bonds. The van der Waals surface area contributed by atoms with Crippen molar-refractivity contribution in [1.29, 1.82) is 0 Å². The third-order valence-corrected chi connectivity index (χ3v) is 1.71. The summed E-state index contributed by atoms with van der Waals surface area (Å²) in [4.78, 5) is 3.92. The minimum absolute atomic E-state index is 0.265. The summed E-state index contributed by atoms with van der Waals surface area (Å²) in [6, 6.07) is 1.59. The van der Waals surface area contributed by atoms with E-state index >= 15 is 0 Å². The van der Waals surface area contributed by atoms with E-state index in [1.54, 1.807) is 6.07 Å². The Morgan fingerprint density at radius 2 is 2.17 bits per heavy atom. The third-order valence-electron chi connectivity index (χ3n) is 1.08. The summed E-state index contributed by atoms with van der Waals surface area (Å²) in [5.74, 6) is 5.62. The Hall–Kier alpha value is -0.420. The predicted octanol–water partition coefficient (Wildman–Crippen LogP) is 2.98. The molecule has 0 aromatic carbocycles. The highest BCUT2D eigenvalue weighted by molar-refractivity contribution is 6.35. The van der Waals surface area contributed by atoms with Crippen LogP contribution in [0.4, 0.5) is 0 Å². The highest BCUT2D eigenvalue weighted by atomic mass is 35.5. The molecule has 0 spiro atoms. The average Bonchev–Trinajstić information content (AvgIpc) is 2.03. The van der Waals surface area contributed by atoms with Gasteiger partial charge in [-0.3, -0.25) is 0 Å². The van der Waals surface area contributed by atoms with E-state index < -0.39 is 0 Å². The normalized spacial score (nSPS) is 8.92. The standard InChI is InChI=1S/C8H4Cl3N/c9-3-1-2-8-7(11)4-6(10)5-12-8/h4-5H,3H2. The Morgan fingerprint density at radius 1 is 1.42 bits per heavy atom. The SMILES string of the molecule is ClCC#Cc1ncc(Cl)cc1Cl. The maximum absolute atomic E-state index is 5.77. The van der Waals surface area contributed by atoms with Gasteiger partial charge in [0.15, 0.2) is 0 Å². The fourth-order valence-electron chi connectivity index (χ4n) is 0.624. The summed E-state index contributed by atoms with van der Waals surface area (Å²) in [7, 11) is 0. The number of nitrogens with zero attached hydrogens (tertiary/aromatic N) is 1. The van der Waals surface area contributed by atoms with Gasteiger partial charge in [0, 0.05) is 6.20 Å². The topological polar surface area (TPSA) is 12.9 Å². The second kappa shape index (κ2) is 4.57. The molecule has 0 aliphatic heterocycles. The van der Waals surface area contributed by atoms with Crippen LogP contribution in [0, 0.1) is 11.8 Å². The van der Waals surface area contributed by atoms with Gasteiger partial charge in [-0.25, -0.2) is 4.98 Å². The number of alkyl halides is 1. The van der Waals surface area contributed by atoms with E-state index in [2.05, 4.69) is 16.8 Å². The number of hydrogen-bond acceptors (Lipinski definition) is 1. The number of halogens is 3. The van der Waals surface area contributed by atoms with Crippen molar-refractivity contribution in [1.82, 2.24) is 4.98 Å². The summed E-state index contributed by atoms with van der Waals surface area (Å²) in [5, 5.41) is 0.941. The molecule has 1 aromatic rings. The van der Waals surface area contributed by atoms with Gasteiger partial charge in [0.25, 0.3) is 0 Å². The Bertz CT molecular complexity index is 338. The molecule has 62 valence electrons. The van der Waals surface area contributed by atoms with Crippen molar-refractivity contribution in [2.24, 2.45) is 0 Å². The van der Waals surface area contributed by atoms with Crippen molar-refractivity contribution in [3.8, 4) is 11.8 Å². The molecule has 1 nitrogen and oxygen atoms in total. The molecule has 1 aromatic heterocycles. The fourth-order valence-corrected chi connectivity index (χ4v) is 1.12.